The molecule has 1 aliphatic rings. The molecule has 0 N–H and O–H groups in total. The molecule has 0 aliphatic heterocycles. The molecular weight excluding hydrogens is 194 g/mol. The molecule has 0 bridgehead atoms. The molecule has 1 fully saturated rings. The largest absolute Gasteiger partial charge is 0.469 e. The van der Waals surface area contributed by atoms with Gasteiger partial charge in [0.15, 0.2) is 0 Å². The van der Waals surface area contributed by atoms with E-state index in [1.165, 1.54) is 7.11 Å². The number of hydrogen-bond acceptors (Lipinski definition) is 3. The standard InChI is InChI=1S/C10H17N3O2/c1-10(2)6-7(12-13-11)4-5-8(10)9(14)15-3/h7-8H,4-6H2,1-3H3. The Morgan fingerprint density at radius 1 is 1.53 bits per heavy atom. The minimum atomic E-state index is -0.153. The van der Waals surface area contributed by atoms with Crippen molar-refractivity contribution in [1.82, 2.24) is 0 Å². The summed E-state index contributed by atoms with van der Waals surface area (Å²) >= 11 is 0. The number of rotatable bonds is 2. The van der Waals surface area contributed by atoms with Crippen LogP contribution in [-0.2, 0) is 9.53 Å². The summed E-state index contributed by atoms with van der Waals surface area (Å²) < 4.78 is 4.78. The van der Waals surface area contributed by atoms with Gasteiger partial charge in [0.1, 0.15) is 0 Å². The molecular formula is C10H17N3O2. The van der Waals surface area contributed by atoms with Gasteiger partial charge in [-0.15, -0.1) is 0 Å². The second kappa shape index (κ2) is 4.53. The van der Waals surface area contributed by atoms with Crippen LogP contribution in [0, 0.1) is 11.3 Å². The van der Waals surface area contributed by atoms with Gasteiger partial charge in [0, 0.05) is 11.0 Å². The summed E-state index contributed by atoms with van der Waals surface area (Å²) in [4.78, 5) is 14.3. The highest BCUT2D eigenvalue weighted by Crippen LogP contribution is 2.42. The fraction of sp³-hybridized carbons (Fsp3) is 0.900. The summed E-state index contributed by atoms with van der Waals surface area (Å²) in [6.45, 7) is 4.04. The molecule has 2 atom stereocenters. The summed E-state index contributed by atoms with van der Waals surface area (Å²) in [5, 5.41) is 3.73. The van der Waals surface area contributed by atoms with E-state index in [0.29, 0.717) is 0 Å². The van der Waals surface area contributed by atoms with E-state index >= 15 is 0 Å². The number of hydrogen-bond donors (Lipinski definition) is 0. The first-order valence-electron chi connectivity index (χ1n) is 5.13. The van der Waals surface area contributed by atoms with Crippen LogP contribution in [-0.4, -0.2) is 19.1 Å². The fourth-order valence-electron chi connectivity index (χ4n) is 2.35. The molecule has 2 unspecified atom stereocenters. The molecule has 0 heterocycles. The number of esters is 1. The Bertz CT molecular complexity index is 295. The van der Waals surface area contributed by atoms with Gasteiger partial charge in [0.2, 0.25) is 0 Å². The van der Waals surface area contributed by atoms with Gasteiger partial charge in [-0.2, -0.15) is 0 Å². The lowest BCUT2D eigenvalue weighted by Crippen LogP contribution is -2.39. The summed E-state index contributed by atoms with van der Waals surface area (Å²) in [6.07, 6.45) is 2.26. The third-order valence-electron chi connectivity index (χ3n) is 3.19. The Kier molecular flexibility index (Phi) is 3.58. The Balaban J connectivity index is 2.74. The molecule has 0 spiro atoms. The van der Waals surface area contributed by atoms with Gasteiger partial charge < -0.3 is 4.74 Å². The van der Waals surface area contributed by atoms with Crippen LogP contribution in [0.25, 0.3) is 10.4 Å². The third kappa shape index (κ3) is 2.63. The monoisotopic (exact) mass is 211 g/mol. The van der Waals surface area contributed by atoms with Crippen molar-refractivity contribution in [3.63, 3.8) is 0 Å². The first kappa shape index (κ1) is 11.9. The van der Waals surface area contributed by atoms with Crippen LogP contribution < -0.4 is 0 Å². The molecule has 1 saturated carbocycles. The molecule has 0 radical (unpaired) electrons. The Morgan fingerprint density at radius 3 is 2.67 bits per heavy atom. The van der Waals surface area contributed by atoms with E-state index < -0.39 is 0 Å². The second-order valence-corrected chi connectivity index (χ2v) is 4.70. The molecule has 0 aromatic rings. The van der Waals surface area contributed by atoms with Crippen molar-refractivity contribution in [2.45, 2.75) is 39.2 Å². The number of ether oxygens (including phenoxy) is 1. The third-order valence-corrected chi connectivity index (χ3v) is 3.19. The van der Waals surface area contributed by atoms with Crippen molar-refractivity contribution in [2.24, 2.45) is 16.4 Å². The number of azide groups is 1. The van der Waals surface area contributed by atoms with Crippen molar-refractivity contribution in [2.75, 3.05) is 7.11 Å². The maximum atomic E-state index is 11.5. The SMILES string of the molecule is COC(=O)C1CCC(N=[N+]=[N-])CC1(C)C. The highest BCUT2D eigenvalue weighted by atomic mass is 16.5. The topological polar surface area (TPSA) is 75.1 Å². The van der Waals surface area contributed by atoms with Crippen molar-refractivity contribution in [3.8, 4) is 0 Å². The summed E-state index contributed by atoms with van der Waals surface area (Å²) in [5.74, 6) is -0.230. The van der Waals surface area contributed by atoms with Gasteiger partial charge in [-0.05, 0) is 30.2 Å². The summed E-state index contributed by atoms with van der Waals surface area (Å²) in [5.41, 5.74) is 8.23. The zero-order valence-corrected chi connectivity index (χ0v) is 9.43. The maximum absolute atomic E-state index is 11.5. The molecule has 1 aliphatic carbocycles. The smallest absolute Gasteiger partial charge is 0.309 e. The van der Waals surface area contributed by atoms with Gasteiger partial charge >= 0.3 is 5.97 Å². The molecule has 0 aromatic heterocycles. The van der Waals surface area contributed by atoms with E-state index in [2.05, 4.69) is 10.0 Å². The first-order chi connectivity index (χ1) is 7.01. The molecule has 0 saturated heterocycles. The average molecular weight is 211 g/mol. The Labute approximate surface area is 89.4 Å². The molecule has 15 heavy (non-hydrogen) atoms. The molecule has 1 rings (SSSR count). The molecule has 0 amide bonds. The average Bonchev–Trinajstić information content (AvgIpc) is 2.16. The van der Waals surface area contributed by atoms with Crippen molar-refractivity contribution in [3.05, 3.63) is 10.4 Å². The zero-order chi connectivity index (χ0) is 11.5. The van der Waals surface area contributed by atoms with E-state index in [-0.39, 0.29) is 23.3 Å². The van der Waals surface area contributed by atoms with Gasteiger partial charge in [-0.25, -0.2) is 0 Å². The van der Waals surface area contributed by atoms with Crippen LogP contribution in [0.1, 0.15) is 33.1 Å². The van der Waals surface area contributed by atoms with Crippen molar-refractivity contribution in [1.29, 1.82) is 0 Å². The highest BCUT2D eigenvalue weighted by Gasteiger charge is 2.41. The van der Waals surface area contributed by atoms with Crippen LogP contribution in [0.3, 0.4) is 0 Å². The van der Waals surface area contributed by atoms with Crippen LogP contribution in [0.15, 0.2) is 5.11 Å². The zero-order valence-electron chi connectivity index (χ0n) is 9.43. The lowest BCUT2D eigenvalue weighted by Gasteiger charge is -2.39. The summed E-state index contributed by atoms with van der Waals surface area (Å²) in [7, 11) is 1.41. The van der Waals surface area contributed by atoms with Crippen LogP contribution in [0.2, 0.25) is 0 Å². The number of carbonyl (C=O) groups excluding carboxylic acids is 1. The highest BCUT2D eigenvalue weighted by molar-refractivity contribution is 5.73. The van der Waals surface area contributed by atoms with Gasteiger partial charge in [-0.1, -0.05) is 19.0 Å². The van der Waals surface area contributed by atoms with E-state index in [0.717, 1.165) is 19.3 Å². The Morgan fingerprint density at radius 2 is 2.20 bits per heavy atom. The minimum absolute atomic E-state index is 0.0194. The van der Waals surface area contributed by atoms with Crippen LogP contribution in [0.5, 0.6) is 0 Å². The molecule has 0 aromatic carbocycles. The lowest BCUT2D eigenvalue weighted by molar-refractivity contribution is -0.151. The predicted molar refractivity (Wildman–Crippen MR) is 56.1 cm³/mol. The van der Waals surface area contributed by atoms with Crippen LogP contribution in [0.4, 0.5) is 0 Å². The van der Waals surface area contributed by atoms with E-state index in [1.807, 2.05) is 13.8 Å². The fourth-order valence-corrected chi connectivity index (χ4v) is 2.35. The predicted octanol–water partition coefficient (Wildman–Crippen LogP) is 2.66. The minimum Gasteiger partial charge on any atom is -0.469 e. The Hall–Kier alpha value is -1.22. The number of methoxy groups -OCH3 is 1. The van der Waals surface area contributed by atoms with Crippen LogP contribution >= 0.6 is 0 Å². The van der Waals surface area contributed by atoms with Crippen molar-refractivity contribution < 1.29 is 9.53 Å². The van der Waals surface area contributed by atoms with Gasteiger partial charge in [-0.3, -0.25) is 4.79 Å². The quantitative estimate of drug-likeness (QED) is 0.305. The maximum Gasteiger partial charge on any atom is 0.309 e. The second-order valence-electron chi connectivity index (χ2n) is 4.70. The number of nitrogens with zero attached hydrogens (tertiary/aromatic N) is 3. The first-order valence-corrected chi connectivity index (χ1v) is 5.13. The van der Waals surface area contributed by atoms with Crippen molar-refractivity contribution >= 4 is 5.97 Å². The number of carbonyl (C=O) groups is 1. The molecule has 5 nitrogen and oxygen atoms in total. The molecule has 84 valence electrons. The van der Waals surface area contributed by atoms with Gasteiger partial charge in [0.05, 0.1) is 13.0 Å². The van der Waals surface area contributed by atoms with E-state index in [9.17, 15) is 4.79 Å². The summed E-state index contributed by atoms with van der Waals surface area (Å²) in [6, 6.07) is 0.0194. The van der Waals surface area contributed by atoms with Gasteiger partial charge in [0.25, 0.3) is 0 Å². The van der Waals surface area contributed by atoms with E-state index in [1.54, 1.807) is 0 Å². The molecule has 5 heteroatoms. The van der Waals surface area contributed by atoms with E-state index in [4.69, 9.17) is 10.3 Å². The normalized spacial score (nSPS) is 29.0. The lowest BCUT2D eigenvalue weighted by atomic mass is 9.67.